The van der Waals surface area contributed by atoms with Gasteiger partial charge >= 0.3 is 6.03 Å². The molecule has 1 aromatic rings. The van der Waals surface area contributed by atoms with Crippen LogP contribution < -0.4 is 20.7 Å². The Kier molecular flexibility index (Phi) is 6.05. The average Bonchev–Trinajstić information content (AvgIpc) is 3.26. The predicted octanol–water partition coefficient (Wildman–Crippen LogP) is 1.39. The molecule has 1 heterocycles. The van der Waals surface area contributed by atoms with E-state index in [0.717, 1.165) is 17.7 Å². The Morgan fingerprint density at radius 3 is 2.48 bits per heavy atom. The van der Waals surface area contributed by atoms with Crippen molar-refractivity contribution < 1.29 is 23.9 Å². The van der Waals surface area contributed by atoms with Crippen molar-refractivity contribution >= 4 is 29.4 Å². The fourth-order valence-electron chi connectivity index (χ4n) is 3.71. The maximum atomic E-state index is 12.8. The van der Waals surface area contributed by atoms with Gasteiger partial charge < -0.3 is 20.7 Å². The van der Waals surface area contributed by atoms with Crippen LogP contribution in [0, 0.1) is 0 Å². The topological polar surface area (TPSA) is 117 Å². The first-order valence-electron chi connectivity index (χ1n) is 9.82. The number of imide groups is 1. The van der Waals surface area contributed by atoms with Crippen LogP contribution in [0.15, 0.2) is 24.3 Å². The highest BCUT2D eigenvalue weighted by Crippen LogP contribution is 2.35. The molecule has 156 valence electrons. The molecule has 0 bridgehead atoms. The van der Waals surface area contributed by atoms with Crippen molar-refractivity contribution in [2.45, 2.75) is 51.1 Å². The summed E-state index contributed by atoms with van der Waals surface area (Å²) in [5.41, 5.74) is -0.343. The summed E-state index contributed by atoms with van der Waals surface area (Å²) in [4.78, 5) is 50.1. The van der Waals surface area contributed by atoms with Crippen LogP contribution in [0.1, 0.15) is 39.5 Å². The Balaban J connectivity index is 1.57. The van der Waals surface area contributed by atoms with Crippen molar-refractivity contribution in [2.24, 2.45) is 0 Å². The van der Waals surface area contributed by atoms with Crippen LogP contribution in [0.25, 0.3) is 0 Å². The highest BCUT2D eigenvalue weighted by molar-refractivity contribution is 6.11. The maximum absolute atomic E-state index is 12.8. The number of ether oxygens (including phenoxy) is 1. The molecular weight excluding hydrogens is 376 g/mol. The number of hydrogen-bond acceptors (Lipinski definition) is 5. The number of urea groups is 1. The molecule has 1 saturated carbocycles. The second-order valence-corrected chi connectivity index (χ2v) is 7.33. The van der Waals surface area contributed by atoms with E-state index in [1.165, 1.54) is 6.92 Å². The molecule has 9 nitrogen and oxygen atoms in total. The first kappa shape index (κ1) is 20.6. The Morgan fingerprint density at radius 2 is 1.86 bits per heavy atom. The lowest BCUT2D eigenvalue weighted by Gasteiger charge is -2.23. The molecule has 1 atom stereocenters. The van der Waals surface area contributed by atoms with Crippen molar-refractivity contribution in [3.63, 3.8) is 0 Å². The zero-order valence-electron chi connectivity index (χ0n) is 16.6. The quantitative estimate of drug-likeness (QED) is 0.596. The summed E-state index contributed by atoms with van der Waals surface area (Å²) in [5.74, 6) is -0.511. The molecule has 2 fully saturated rings. The summed E-state index contributed by atoms with van der Waals surface area (Å²) in [5, 5.41) is 8.11. The molecule has 0 aromatic heterocycles. The standard InChI is InChI=1S/C20H26N4O5/c1-3-21-16(25)12-29-15-8-6-14(7-9-15)22-17(26)13(2)24-18(27)20(23-19(24)28)10-4-5-11-20/h6-9,13H,3-5,10-12H2,1-2H3,(H,21,25)(H,22,26)(H,23,28). The summed E-state index contributed by atoms with van der Waals surface area (Å²) in [6.45, 7) is 3.79. The third-order valence-electron chi connectivity index (χ3n) is 5.28. The number of benzene rings is 1. The van der Waals surface area contributed by atoms with Gasteiger partial charge in [-0.2, -0.15) is 0 Å². The van der Waals surface area contributed by atoms with Crippen molar-refractivity contribution in [1.82, 2.24) is 15.5 Å². The molecule has 1 saturated heterocycles. The van der Waals surface area contributed by atoms with Gasteiger partial charge in [-0.25, -0.2) is 9.69 Å². The third kappa shape index (κ3) is 4.33. The van der Waals surface area contributed by atoms with E-state index in [9.17, 15) is 19.2 Å². The first-order chi connectivity index (χ1) is 13.9. The monoisotopic (exact) mass is 402 g/mol. The predicted molar refractivity (Wildman–Crippen MR) is 105 cm³/mol. The first-order valence-corrected chi connectivity index (χ1v) is 9.82. The van der Waals surface area contributed by atoms with E-state index >= 15 is 0 Å². The third-order valence-corrected chi connectivity index (χ3v) is 5.28. The van der Waals surface area contributed by atoms with Crippen molar-refractivity contribution in [3.8, 4) is 5.75 Å². The number of hydrogen-bond donors (Lipinski definition) is 3. The molecule has 2 aliphatic rings. The summed E-state index contributed by atoms with van der Waals surface area (Å²) in [7, 11) is 0. The zero-order valence-corrected chi connectivity index (χ0v) is 16.6. The van der Waals surface area contributed by atoms with Gasteiger partial charge in [0.2, 0.25) is 5.91 Å². The van der Waals surface area contributed by atoms with E-state index in [0.29, 0.717) is 30.8 Å². The van der Waals surface area contributed by atoms with Gasteiger partial charge in [0.1, 0.15) is 17.3 Å². The lowest BCUT2D eigenvalue weighted by molar-refractivity contribution is -0.136. The molecule has 1 aliphatic carbocycles. The van der Waals surface area contributed by atoms with Crippen molar-refractivity contribution in [1.29, 1.82) is 0 Å². The van der Waals surface area contributed by atoms with E-state index in [4.69, 9.17) is 4.74 Å². The Morgan fingerprint density at radius 1 is 1.21 bits per heavy atom. The molecule has 1 unspecified atom stereocenters. The molecule has 1 spiro atoms. The number of carbonyl (C=O) groups is 4. The summed E-state index contributed by atoms with van der Waals surface area (Å²) in [6, 6.07) is 5.05. The molecule has 1 aliphatic heterocycles. The fourth-order valence-corrected chi connectivity index (χ4v) is 3.71. The van der Waals surface area contributed by atoms with Crippen molar-refractivity contribution in [3.05, 3.63) is 24.3 Å². The van der Waals surface area contributed by atoms with Crippen LogP contribution >= 0.6 is 0 Å². The number of rotatable bonds is 7. The van der Waals surface area contributed by atoms with Gasteiger partial charge in [-0.3, -0.25) is 14.4 Å². The van der Waals surface area contributed by atoms with E-state index in [1.54, 1.807) is 24.3 Å². The van der Waals surface area contributed by atoms with Crippen LogP contribution in [0.2, 0.25) is 0 Å². The number of nitrogens with zero attached hydrogens (tertiary/aromatic N) is 1. The molecule has 3 N–H and O–H groups in total. The smallest absolute Gasteiger partial charge is 0.325 e. The van der Waals surface area contributed by atoms with Gasteiger partial charge in [-0.1, -0.05) is 12.8 Å². The van der Waals surface area contributed by atoms with E-state index in [-0.39, 0.29) is 18.4 Å². The molecule has 9 heteroatoms. The minimum atomic E-state index is -0.934. The Labute approximate surface area is 169 Å². The number of amides is 5. The number of anilines is 1. The SMILES string of the molecule is CCNC(=O)COc1ccc(NC(=O)C(C)N2C(=O)NC3(CCCC3)C2=O)cc1. The summed E-state index contributed by atoms with van der Waals surface area (Å²) < 4.78 is 5.36. The van der Waals surface area contributed by atoms with Gasteiger partial charge in [0.05, 0.1) is 0 Å². The van der Waals surface area contributed by atoms with Crippen LogP contribution in [-0.2, 0) is 14.4 Å². The Bertz CT molecular complexity index is 802. The molecule has 1 aromatic carbocycles. The van der Waals surface area contributed by atoms with Gasteiger partial charge in [-0.15, -0.1) is 0 Å². The van der Waals surface area contributed by atoms with Crippen LogP contribution in [0.3, 0.4) is 0 Å². The molecule has 5 amide bonds. The lowest BCUT2D eigenvalue weighted by Crippen LogP contribution is -2.48. The summed E-state index contributed by atoms with van der Waals surface area (Å²) >= 11 is 0. The second-order valence-electron chi connectivity index (χ2n) is 7.33. The zero-order chi connectivity index (χ0) is 21.0. The minimum Gasteiger partial charge on any atom is -0.484 e. The normalized spacial score (nSPS) is 18.5. The minimum absolute atomic E-state index is 0.0927. The largest absolute Gasteiger partial charge is 0.484 e. The van der Waals surface area contributed by atoms with Crippen LogP contribution in [0.5, 0.6) is 5.75 Å². The lowest BCUT2D eigenvalue weighted by atomic mass is 9.97. The molecular formula is C20H26N4O5. The summed E-state index contributed by atoms with van der Waals surface area (Å²) in [6.07, 6.45) is 2.99. The molecule has 3 rings (SSSR count). The number of likely N-dealkylation sites (N-methyl/N-ethyl adjacent to an activating group) is 1. The number of nitrogens with one attached hydrogen (secondary N) is 3. The van der Waals surface area contributed by atoms with Crippen molar-refractivity contribution in [2.75, 3.05) is 18.5 Å². The van der Waals surface area contributed by atoms with Gasteiger partial charge in [0.25, 0.3) is 11.8 Å². The molecule has 0 radical (unpaired) electrons. The van der Waals surface area contributed by atoms with Gasteiger partial charge in [0.15, 0.2) is 6.61 Å². The van der Waals surface area contributed by atoms with E-state index in [1.807, 2.05) is 6.92 Å². The van der Waals surface area contributed by atoms with Gasteiger partial charge in [-0.05, 0) is 51.0 Å². The van der Waals surface area contributed by atoms with E-state index < -0.39 is 23.5 Å². The Hall–Kier alpha value is -3.10. The van der Waals surface area contributed by atoms with Gasteiger partial charge in [0, 0.05) is 12.2 Å². The maximum Gasteiger partial charge on any atom is 0.325 e. The highest BCUT2D eigenvalue weighted by atomic mass is 16.5. The van der Waals surface area contributed by atoms with Crippen LogP contribution in [-0.4, -0.2) is 53.4 Å². The fraction of sp³-hybridized carbons (Fsp3) is 0.500. The van der Waals surface area contributed by atoms with E-state index in [2.05, 4.69) is 16.0 Å². The highest BCUT2D eigenvalue weighted by Gasteiger charge is 2.54. The average molecular weight is 402 g/mol. The van der Waals surface area contributed by atoms with Crippen LogP contribution in [0.4, 0.5) is 10.5 Å². The molecule has 29 heavy (non-hydrogen) atoms. The number of carbonyl (C=O) groups excluding carboxylic acids is 4. The second kappa shape index (κ2) is 8.50.